The summed E-state index contributed by atoms with van der Waals surface area (Å²) in [6.45, 7) is 11.6. The fourth-order valence-electron chi connectivity index (χ4n) is 3.05. The van der Waals surface area contributed by atoms with E-state index in [9.17, 15) is 9.59 Å². The van der Waals surface area contributed by atoms with Gasteiger partial charge in [-0.2, -0.15) is 0 Å². The Morgan fingerprint density at radius 2 is 1.57 bits per heavy atom. The third-order valence-electron chi connectivity index (χ3n) is 4.60. The molecule has 2 heterocycles. The number of fused-ring (bicyclic) bond motifs is 1. The van der Waals surface area contributed by atoms with Gasteiger partial charge in [0.25, 0.3) is 0 Å². The van der Waals surface area contributed by atoms with Gasteiger partial charge in [-0.1, -0.05) is 42.5 Å². The molecule has 4 atom stereocenters. The number of ether oxygens (including phenoxy) is 4. The lowest BCUT2D eigenvalue weighted by Gasteiger charge is -2.17. The highest BCUT2D eigenvalue weighted by atomic mass is 16.7. The maximum absolute atomic E-state index is 12.3. The van der Waals surface area contributed by atoms with Gasteiger partial charge in [-0.15, -0.1) is 0 Å². The summed E-state index contributed by atoms with van der Waals surface area (Å²) in [6.07, 6.45) is 1.18. The van der Waals surface area contributed by atoms with Crippen LogP contribution in [0.4, 0.5) is 0 Å². The zero-order valence-corrected chi connectivity index (χ0v) is 16.1. The normalized spacial score (nSPS) is 26.1. The molecule has 0 amide bonds. The molecule has 0 spiro atoms. The molecule has 0 unspecified atom stereocenters. The summed E-state index contributed by atoms with van der Waals surface area (Å²) >= 11 is 0. The van der Waals surface area contributed by atoms with E-state index in [4.69, 9.17) is 18.9 Å². The molecular weight excluding hydrogens is 360 g/mol. The van der Waals surface area contributed by atoms with E-state index < -0.39 is 36.4 Å². The van der Waals surface area contributed by atoms with Crippen LogP contribution in [-0.4, -0.2) is 49.6 Å². The van der Waals surface area contributed by atoms with Crippen LogP contribution >= 0.6 is 0 Å². The van der Waals surface area contributed by atoms with E-state index in [-0.39, 0.29) is 18.8 Å². The number of esters is 2. The lowest BCUT2D eigenvalue weighted by molar-refractivity contribution is -0.148. The van der Waals surface area contributed by atoms with E-state index in [1.165, 1.54) is 0 Å². The molecule has 148 valence electrons. The van der Waals surface area contributed by atoms with E-state index >= 15 is 0 Å². The van der Waals surface area contributed by atoms with Crippen LogP contribution in [0.25, 0.3) is 0 Å². The lowest BCUT2D eigenvalue weighted by atomic mass is 10.1. The van der Waals surface area contributed by atoms with Crippen LogP contribution in [0.5, 0.6) is 0 Å². The molecule has 0 bridgehead atoms. The minimum absolute atomic E-state index is 0.178. The molecule has 1 aromatic carbocycles. The Bertz CT molecular complexity index is 807. The SMILES string of the molecule is C=C(C)/C=C\C(=C)C(=O)O[C@H]1CO[C@H]2[C@@H]1OC[C@H]2OC(=O)c1ccc(C)cc1. The third kappa shape index (κ3) is 4.58. The van der Waals surface area contributed by atoms with Crippen molar-refractivity contribution in [3.8, 4) is 0 Å². The molecule has 0 aliphatic carbocycles. The molecule has 6 heteroatoms. The van der Waals surface area contributed by atoms with Crippen molar-refractivity contribution in [1.82, 2.24) is 0 Å². The largest absolute Gasteiger partial charge is 0.453 e. The average Bonchev–Trinajstić information content (AvgIpc) is 3.23. The van der Waals surface area contributed by atoms with Gasteiger partial charge in [0.05, 0.1) is 24.4 Å². The molecule has 0 aromatic heterocycles. The van der Waals surface area contributed by atoms with E-state index in [0.29, 0.717) is 5.56 Å². The van der Waals surface area contributed by atoms with Crippen molar-refractivity contribution < 1.29 is 28.5 Å². The second-order valence-corrected chi connectivity index (χ2v) is 7.05. The van der Waals surface area contributed by atoms with Crippen molar-refractivity contribution in [2.45, 2.75) is 38.3 Å². The van der Waals surface area contributed by atoms with Gasteiger partial charge in [0.15, 0.2) is 12.2 Å². The highest BCUT2D eigenvalue weighted by Crippen LogP contribution is 2.31. The summed E-state index contributed by atoms with van der Waals surface area (Å²) in [5, 5.41) is 0. The first-order valence-corrected chi connectivity index (χ1v) is 9.09. The van der Waals surface area contributed by atoms with Crippen molar-refractivity contribution >= 4 is 11.9 Å². The molecule has 2 saturated heterocycles. The van der Waals surface area contributed by atoms with Gasteiger partial charge in [-0.25, -0.2) is 9.59 Å². The standard InChI is InChI=1S/C22H24O6/c1-13(2)5-8-15(4)21(23)27-17-11-25-20-18(12-26-19(17)20)28-22(24)16-9-6-14(3)7-10-16/h5-10,17-20H,1,4,11-12H2,2-3H3/b8-5-/t17-,18+,19+,20+/m0/s1. The number of carbonyl (C=O) groups excluding carboxylic acids is 2. The van der Waals surface area contributed by atoms with E-state index in [0.717, 1.165) is 11.1 Å². The van der Waals surface area contributed by atoms with Crippen LogP contribution in [0.3, 0.4) is 0 Å². The molecule has 2 fully saturated rings. The van der Waals surface area contributed by atoms with Gasteiger partial charge in [-0.05, 0) is 32.1 Å². The van der Waals surface area contributed by atoms with Gasteiger partial charge >= 0.3 is 11.9 Å². The molecule has 0 N–H and O–H groups in total. The van der Waals surface area contributed by atoms with Crippen LogP contribution in [0, 0.1) is 6.92 Å². The van der Waals surface area contributed by atoms with Gasteiger partial charge in [0.2, 0.25) is 0 Å². The molecule has 2 aliphatic heterocycles. The number of hydrogen-bond acceptors (Lipinski definition) is 6. The van der Waals surface area contributed by atoms with E-state index in [1.54, 1.807) is 24.3 Å². The van der Waals surface area contributed by atoms with Crippen LogP contribution < -0.4 is 0 Å². The van der Waals surface area contributed by atoms with Crippen molar-refractivity contribution in [2.75, 3.05) is 13.2 Å². The summed E-state index contributed by atoms with van der Waals surface area (Å²) in [4.78, 5) is 24.5. The first kappa shape index (κ1) is 20.0. The number of carbonyl (C=O) groups is 2. The van der Waals surface area contributed by atoms with E-state index in [1.807, 2.05) is 26.0 Å². The summed E-state index contributed by atoms with van der Waals surface area (Å²) in [6, 6.07) is 7.13. The predicted molar refractivity (Wildman–Crippen MR) is 103 cm³/mol. The van der Waals surface area contributed by atoms with Gasteiger partial charge in [0, 0.05) is 0 Å². The van der Waals surface area contributed by atoms with Gasteiger partial charge < -0.3 is 18.9 Å². The zero-order chi connectivity index (χ0) is 20.3. The maximum Gasteiger partial charge on any atom is 0.338 e. The zero-order valence-electron chi connectivity index (χ0n) is 16.1. The third-order valence-corrected chi connectivity index (χ3v) is 4.60. The molecule has 3 rings (SSSR count). The Morgan fingerprint density at radius 1 is 1.00 bits per heavy atom. The number of aryl methyl sites for hydroxylation is 1. The van der Waals surface area contributed by atoms with Crippen LogP contribution in [-0.2, 0) is 23.7 Å². The number of rotatable bonds is 6. The van der Waals surface area contributed by atoms with Crippen LogP contribution in [0.1, 0.15) is 22.8 Å². The van der Waals surface area contributed by atoms with Gasteiger partial charge in [0.1, 0.15) is 12.2 Å². The first-order valence-electron chi connectivity index (χ1n) is 9.09. The van der Waals surface area contributed by atoms with Crippen molar-refractivity contribution in [3.05, 3.63) is 71.8 Å². The Hall–Kier alpha value is -2.70. The molecule has 0 radical (unpaired) electrons. The summed E-state index contributed by atoms with van der Waals surface area (Å²) in [5.74, 6) is -0.980. The smallest absolute Gasteiger partial charge is 0.338 e. The molecular formula is C22H24O6. The number of allylic oxidation sites excluding steroid dienone is 2. The van der Waals surface area contributed by atoms with Crippen molar-refractivity contribution in [3.63, 3.8) is 0 Å². The monoisotopic (exact) mass is 384 g/mol. The minimum atomic E-state index is -0.574. The van der Waals surface area contributed by atoms with Crippen LogP contribution in [0.2, 0.25) is 0 Å². The van der Waals surface area contributed by atoms with Gasteiger partial charge in [-0.3, -0.25) is 0 Å². The fourth-order valence-corrected chi connectivity index (χ4v) is 3.05. The first-order chi connectivity index (χ1) is 13.3. The summed E-state index contributed by atoms with van der Waals surface area (Å²) < 4.78 is 22.4. The lowest BCUT2D eigenvalue weighted by Crippen LogP contribution is -2.36. The Kier molecular flexibility index (Phi) is 6.11. The van der Waals surface area contributed by atoms with Crippen molar-refractivity contribution in [2.24, 2.45) is 0 Å². The quantitative estimate of drug-likeness (QED) is 0.427. The highest BCUT2D eigenvalue weighted by Gasteiger charge is 2.51. The Labute approximate surface area is 164 Å². The Morgan fingerprint density at radius 3 is 2.14 bits per heavy atom. The molecule has 0 saturated carbocycles. The summed E-state index contributed by atoms with van der Waals surface area (Å²) in [5.41, 5.74) is 2.54. The molecule has 28 heavy (non-hydrogen) atoms. The Balaban J connectivity index is 1.56. The van der Waals surface area contributed by atoms with Crippen molar-refractivity contribution in [1.29, 1.82) is 0 Å². The topological polar surface area (TPSA) is 71.1 Å². The average molecular weight is 384 g/mol. The number of hydrogen-bond donors (Lipinski definition) is 0. The maximum atomic E-state index is 12.3. The van der Waals surface area contributed by atoms with E-state index in [2.05, 4.69) is 13.2 Å². The highest BCUT2D eigenvalue weighted by molar-refractivity contribution is 5.91. The summed E-state index contributed by atoms with van der Waals surface area (Å²) in [7, 11) is 0. The fraction of sp³-hybridized carbons (Fsp3) is 0.364. The second kappa shape index (κ2) is 8.54. The molecule has 6 nitrogen and oxygen atoms in total. The second-order valence-electron chi connectivity index (χ2n) is 7.05. The van der Waals surface area contributed by atoms with Crippen LogP contribution in [0.15, 0.2) is 60.7 Å². The molecule has 1 aromatic rings. The predicted octanol–water partition coefficient (Wildman–Crippen LogP) is 2.92. The number of benzene rings is 1. The minimum Gasteiger partial charge on any atom is -0.453 e. The molecule has 2 aliphatic rings.